The third kappa shape index (κ3) is 3.56. The van der Waals surface area contributed by atoms with Crippen LogP contribution in [0.1, 0.15) is 31.7 Å². The van der Waals surface area contributed by atoms with Crippen LogP contribution in [0.4, 0.5) is 0 Å². The molecule has 1 fully saturated rings. The van der Waals surface area contributed by atoms with Gasteiger partial charge in [0.1, 0.15) is 0 Å². The third-order valence-corrected chi connectivity index (χ3v) is 4.68. The van der Waals surface area contributed by atoms with E-state index in [9.17, 15) is 8.42 Å². The molecule has 0 spiro atoms. The topological polar surface area (TPSA) is 46.2 Å². The normalized spacial score (nSPS) is 17.7. The summed E-state index contributed by atoms with van der Waals surface area (Å²) in [5.41, 5.74) is 1.14. The van der Waals surface area contributed by atoms with Crippen molar-refractivity contribution in [2.75, 3.05) is 6.26 Å². The van der Waals surface area contributed by atoms with Gasteiger partial charge in [0.15, 0.2) is 9.84 Å². The highest BCUT2D eigenvalue weighted by molar-refractivity contribution is 7.90. The number of sulfone groups is 1. The number of benzene rings is 1. The van der Waals surface area contributed by atoms with Crippen molar-refractivity contribution in [3.8, 4) is 0 Å². The zero-order valence-electron chi connectivity index (χ0n) is 11.0. The van der Waals surface area contributed by atoms with Gasteiger partial charge in [-0.3, -0.25) is 0 Å². The average molecular weight is 267 g/mol. The Hall–Kier alpha value is -0.870. The maximum atomic E-state index is 11.3. The van der Waals surface area contributed by atoms with E-state index in [0.717, 1.165) is 24.4 Å². The SMILES string of the molecule is CCC(NCc1ccc(S(C)(=O)=O)cc1)C1CC1. The van der Waals surface area contributed by atoms with Crippen LogP contribution in [0.3, 0.4) is 0 Å². The van der Waals surface area contributed by atoms with E-state index in [2.05, 4.69) is 12.2 Å². The first kappa shape index (κ1) is 13.6. The Labute approximate surface area is 110 Å². The van der Waals surface area contributed by atoms with Gasteiger partial charge < -0.3 is 5.32 Å². The molecule has 0 heterocycles. The van der Waals surface area contributed by atoms with Gasteiger partial charge in [-0.2, -0.15) is 0 Å². The van der Waals surface area contributed by atoms with Gasteiger partial charge in [-0.05, 0) is 42.9 Å². The van der Waals surface area contributed by atoms with Crippen molar-refractivity contribution in [3.63, 3.8) is 0 Å². The second kappa shape index (κ2) is 5.41. The van der Waals surface area contributed by atoms with Crippen molar-refractivity contribution >= 4 is 9.84 Å². The van der Waals surface area contributed by atoms with Crippen molar-refractivity contribution in [2.24, 2.45) is 5.92 Å². The van der Waals surface area contributed by atoms with Gasteiger partial charge in [0, 0.05) is 18.8 Å². The van der Waals surface area contributed by atoms with Crippen LogP contribution in [0.25, 0.3) is 0 Å². The molecule has 1 unspecified atom stereocenters. The lowest BCUT2D eigenvalue weighted by Gasteiger charge is -2.16. The first-order valence-electron chi connectivity index (χ1n) is 6.53. The molecule has 4 heteroatoms. The first-order valence-corrected chi connectivity index (χ1v) is 8.42. The number of hydrogen-bond acceptors (Lipinski definition) is 3. The van der Waals surface area contributed by atoms with E-state index in [1.165, 1.54) is 19.1 Å². The zero-order chi connectivity index (χ0) is 13.2. The summed E-state index contributed by atoms with van der Waals surface area (Å²) in [7, 11) is -3.08. The Balaban J connectivity index is 1.94. The predicted octanol–water partition coefficient (Wildman–Crippen LogP) is 2.37. The highest BCUT2D eigenvalue weighted by Gasteiger charge is 2.29. The summed E-state index contributed by atoms with van der Waals surface area (Å²) >= 11 is 0. The zero-order valence-corrected chi connectivity index (χ0v) is 11.8. The molecular weight excluding hydrogens is 246 g/mol. The van der Waals surface area contributed by atoms with E-state index < -0.39 is 9.84 Å². The Morgan fingerprint density at radius 1 is 1.28 bits per heavy atom. The van der Waals surface area contributed by atoms with Crippen LogP contribution >= 0.6 is 0 Å². The molecule has 0 radical (unpaired) electrons. The van der Waals surface area contributed by atoms with Crippen LogP contribution in [0.15, 0.2) is 29.2 Å². The molecule has 1 aliphatic rings. The molecular formula is C14H21NO2S. The maximum absolute atomic E-state index is 11.3. The van der Waals surface area contributed by atoms with Gasteiger partial charge >= 0.3 is 0 Å². The van der Waals surface area contributed by atoms with Crippen molar-refractivity contribution < 1.29 is 8.42 Å². The van der Waals surface area contributed by atoms with E-state index in [4.69, 9.17) is 0 Å². The van der Waals surface area contributed by atoms with Crippen molar-refractivity contribution in [2.45, 2.75) is 43.7 Å². The monoisotopic (exact) mass is 267 g/mol. The van der Waals surface area contributed by atoms with Gasteiger partial charge in [-0.25, -0.2) is 8.42 Å². The average Bonchev–Trinajstić information content (AvgIpc) is 3.14. The van der Waals surface area contributed by atoms with Crippen molar-refractivity contribution in [1.82, 2.24) is 5.32 Å². The van der Waals surface area contributed by atoms with Gasteiger partial charge in [0.25, 0.3) is 0 Å². The molecule has 0 amide bonds. The summed E-state index contributed by atoms with van der Waals surface area (Å²) in [4.78, 5) is 0.389. The number of hydrogen-bond donors (Lipinski definition) is 1. The third-order valence-electron chi connectivity index (χ3n) is 3.55. The molecule has 0 saturated heterocycles. The summed E-state index contributed by atoms with van der Waals surface area (Å²) < 4.78 is 22.7. The second-order valence-electron chi connectivity index (χ2n) is 5.15. The molecule has 0 aliphatic heterocycles. The van der Waals surface area contributed by atoms with Crippen LogP contribution in [0.5, 0.6) is 0 Å². The minimum absolute atomic E-state index is 0.389. The van der Waals surface area contributed by atoms with Gasteiger partial charge in [0.2, 0.25) is 0 Å². The molecule has 1 aliphatic carbocycles. The molecule has 1 aromatic rings. The van der Waals surface area contributed by atoms with Gasteiger partial charge in [0.05, 0.1) is 4.90 Å². The van der Waals surface area contributed by atoms with Crippen LogP contribution < -0.4 is 5.32 Å². The van der Waals surface area contributed by atoms with Crippen LogP contribution in [-0.4, -0.2) is 20.7 Å². The molecule has 0 bridgehead atoms. The molecule has 0 aromatic heterocycles. The molecule has 100 valence electrons. The Morgan fingerprint density at radius 3 is 2.33 bits per heavy atom. The molecule has 1 saturated carbocycles. The van der Waals surface area contributed by atoms with Crippen LogP contribution in [0, 0.1) is 5.92 Å². The standard InChI is InChI=1S/C14H21NO2S/c1-3-14(12-6-7-12)15-10-11-4-8-13(9-5-11)18(2,16)17/h4-5,8-9,12,14-15H,3,6-7,10H2,1-2H3. The second-order valence-corrected chi connectivity index (χ2v) is 7.16. The van der Waals surface area contributed by atoms with E-state index in [1.807, 2.05) is 12.1 Å². The summed E-state index contributed by atoms with van der Waals surface area (Å²) in [5, 5.41) is 3.56. The summed E-state index contributed by atoms with van der Waals surface area (Å²) in [6.45, 7) is 3.03. The lowest BCUT2D eigenvalue weighted by Crippen LogP contribution is -2.29. The molecule has 3 nitrogen and oxygen atoms in total. The fourth-order valence-corrected chi connectivity index (χ4v) is 2.88. The fourth-order valence-electron chi connectivity index (χ4n) is 2.25. The number of nitrogens with one attached hydrogen (secondary N) is 1. The molecule has 1 aromatic carbocycles. The minimum Gasteiger partial charge on any atom is -0.310 e. The van der Waals surface area contributed by atoms with Crippen molar-refractivity contribution in [3.05, 3.63) is 29.8 Å². The van der Waals surface area contributed by atoms with E-state index in [-0.39, 0.29) is 0 Å². The quantitative estimate of drug-likeness (QED) is 0.860. The fraction of sp³-hybridized carbons (Fsp3) is 0.571. The maximum Gasteiger partial charge on any atom is 0.175 e. The highest BCUT2D eigenvalue weighted by atomic mass is 32.2. The predicted molar refractivity (Wildman–Crippen MR) is 73.2 cm³/mol. The number of rotatable bonds is 6. The molecule has 2 rings (SSSR count). The lowest BCUT2D eigenvalue weighted by atomic mass is 10.1. The van der Waals surface area contributed by atoms with Gasteiger partial charge in [-0.1, -0.05) is 19.1 Å². The minimum atomic E-state index is -3.08. The van der Waals surface area contributed by atoms with E-state index >= 15 is 0 Å². The molecule has 1 atom stereocenters. The smallest absolute Gasteiger partial charge is 0.175 e. The first-order chi connectivity index (χ1) is 8.50. The summed E-state index contributed by atoms with van der Waals surface area (Å²) in [6.07, 6.45) is 5.09. The van der Waals surface area contributed by atoms with Crippen molar-refractivity contribution in [1.29, 1.82) is 0 Å². The van der Waals surface area contributed by atoms with Crippen LogP contribution in [0.2, 0.25) is 0 Å². The Morgan fingerprint density at radius 2 is 1.89 bits per heavy atom. The molecule has 18 heavy (non-hydrogen) atoms. The summed E-state index contributed by atoms with van der Waals surface area (Å²) in [5.74, 6) is 0.852. The van der Waals surface area contributed by atoms with Gasteiger partial charge in [-0.15, -0.1) is 0 Å². The summed E-state index contributed by atoms with van der Waals surface area (Å²) in [6, 6.07) is 7.76. The largest absolute Gasteiger partial charge is 0.310 e. The van der Waals surface area contributed by atoms with Crippen LogP contribution in [-0.2, 0) is 16.4 Å². The Kier molecular flexibility index (Phi) is 4.07. The molecule has 1 N–H and O–H groups in total. The van der Waals surface area contributed by atoms with E-state index in [1.54, 1.807) is 12.1 Å². The lowest BCUT2D eigenvalue weighted by molar-refractivity contribution is 0.449. The Bertz CT molecular complexity index is 489. The van der Waals surface area contributed by atoms with E-state index in [0.29, 0.717) is 10.9 Å². The highest BCUT2D eigenvalue weighted by Crippen LogP contribution is 2.33.